The summed E-state index contributed by atoms with van der Waals surface area (Å²) in [6, 6.07) is 13.6. The van der Waals surface area contributed by atoms with E-state index < -0.39 is 0 Å². The summed E-state index contributed by atoms with van der Waals surface area (Å²) in [5, 5.41) is 6.14. The van der Waals surface area contributed by atoms with Crippen LogP contribution >= 0.6 is 27.3 Å². The van der Waals surface area contributed by atoms with Gasteiger partial charge in [0.1, 0.15) is 0 Å². The number of carbonyl (C=O) groups is 1. The fourth-order valence-electron chi connectivity index (χ4n) is 2.03. The minimum atomic E-state index is -0.0878. The van der Waals surface area contributed by atoms with Crippen LogP contribution in [0.4, 0.5) is 5.69 Å². The fourth-order valence-corrected chi connectivity index (χ4v) is 3.05. The molecular formula is C16H12BrNOS. The Morgan fingerprint density at radius 3 is 2.80 bits per heavy atom. The Labute approximate surface area is 129 Å². The summed E-state index contributed by atoms with van der Waals surface area (Å²) >= 11 is 5.13. The lowest BCUT2D eigenvalue weighted by molar-refractivity contribution is 0.102. The van der Waals surface area contributed by atoms with E-state index in [1.807, 2.05) is 48.7 Å². The Bertz CT molecular complexity index is 794. The number of halogens is 1. The first kappa shape index (κ1) is 13.3. The highest BCUT2D eigenvalue weighted by Gasteiger charge is 2.08. The van der Waals surface area contributed by atoms with E-state index in [-0.39, 0.29) is 5.91 Å². The van der Waals surface area contributed by atoms with Gasteiger partial charge in [-0.05, 0) is 65.7 Å². The molecule has 0 atom stereocenters. The van der Waals surface area contributed by atoms with Crippen LogP contribution in [0.1, 0.15) is 15.9 Å². The van der Waals surface area contributed by atoms with Crippen molar-refractivity contribution in [2.45, 2.75) is 6.92 Å². The third kappa shape index (κ3) is 2.62. The Balaban J connectivity index is 1.85. The van der Waals surface area contributed by atoms with Crippen LogP contribution in [-0.2, 0) is 0 Å². The second-order valence-electron chi connectivity index (χ2n) is 4.59. The van der Waals surface area contributed by atoms with E-state index in [9.17, 15) is 4.79 Å². The zero-order valence-electron chi connectivity index (χ0n) is 10.8. The van der Waals surface area contributed by atoms with E-state index in [2.05, 4.69) is 27.3 Å². The van der Waals surface area contributed by atoms with Crippen LogP contribution in [0.5, 0.6) is 0 Å². The number of amides is 1. The van der Waals surface area contributed by atoms with E-state index in [0.29, 0.717) is 5.56 Å². The van der Waals surface area contributed by atoms with Crippen LogP contribution in [0.2, 0.25) is 0 Å². The molecule has 0 saturated carbocycles. The van der Waals surface area contributed by atoms with Crippen molar-refractivity contribution in [1.29, 1.82) is 0 Å². The monoisotopic (exact) mass is 345 g/mol. The highest BCUT2D eigenvalue weighted by molar-refractivity contribution is 9.10. The first-order valence-corrected chi connectivity index (χ1v) is 7.85. The number of thiophene rings is 1. The van der Waals surface area contributed by atoms with Gasteiger partial charge in [0.2, 0.25) is 0 Å². The van der Waals surface area contributed by atoms with Crippen molar-refractivity contribution < 1.29 is 4.79 Å². The van der Waals surface area contributed by atoms with Crippen molar-refractivity contribution >= 4 is 48.9 Å². The normalized spacial score (nSPS) is 10.7. The van der Waals surface area contributed by atoms with Crippen molar-refractivity contribution in [2.75, 3.05) is 5.32 Å². The molecule has 1 heterocycles. The summed E-state index contributed by atoms with van der Waals surface area (Å²) in [5.41, 5.74) is 2.53. The van der Waals surface area contributed by atoms with Gasteiger partial charge in [-0.25, -0.2) is 0 Å². The summed E-state index contributed by atoms with van der Waals surface area (Å²) in [7, 11) is 0. The number of carbonyl (C=O) groups excluding carboxylic acids is 1. The number of nitrogens with one attached hydrogen (secondary N) is 1. The molecule has 0 saturated heterocycles. The van der Waals surface area contributed by atoms with Gasteiger partial charge in [-0.3, -0.25) is 4.79 Å². The third-order valence-corrected chi connectivity index (χ3v) is 4.92. The maximum atomic E-state index is 12.2. The predicted octanol–water partition coefficient (Wildman–Crippen LogP) is 5.22. The van der Waals surface area contributed by atoms with Crippen molar-refractivity contribution in [3.05, 3.63) is 63.4 Å². The molecule has 0 aliphatic carbocycles. The Morgan fingerprint density at radius 1 is 1.15 bits per heavy atom. The first-order valence-electron chi connectivity index (χ1n) is 6.18. The van der Waals surface area contributed by atoms with Crippen molar-refractivity contribution in [1.82, 2.24) is 0 Å². The lowest BCUT2D eigenvalue weighted by atomic mass is 10.1. The standard InChI is InChI=1S/C16H12BrNOS/c1-10-8-12(2-4-14(10)17)16(19)18-13-3-5-15-11(9-13)6-7-20-15/h2-9H,1H3,(H,18,19). The van der Waals surface area contributed by atoms with Crippen LogP contribution in [0.25, 0.3) is 10.1 Å². The van der Waals surface area contributed by atoms with Gasteiger partial charge in [0.25, 0.3) is 5.91 Å². The molecule has 0 aliphatic rings. The molecule has 0 radical (unpaired) electrons. The number of anilines is 1. The van der Waals surface area contributed by atoms with Crippen LogP contribution in [0.15, 0.2) is 52.3 Å². The van der Waals surface area contributed by atoms with Gasteiger partial charge in [0.15, 0.2) is 0 Å². The lowest BCUT2D eigenvalue weighted by Gasteiger charge is -2.07. The topological polar surface area (TPSA) is 29.1 Å². The fraction of sp³-hybridized carbons (Fsp3) is 0.0625. The maximum absolute atomic E-state index is 12.2. The minimum absolute atomic E-state index is 0.0878. The molecule has 3 aromatic rings. The van der Waals surface area contributed by atoms with E-state index in [1.165, 1.54) is 4.70 Å². The second kappa shape index (κ2) is 5.38. The van der Waals surface area contributed by atoms with Crippen LogP contribution in [0, 0.1) is 6.92 Å². The van der Waals surface area contributed by atoms with Crippen molar-refractivity contribution in [3.63, 3.8) is 0 Å². The molecule has 0 fully saturated rings. The average Bonchev–Trinajstić information content (AvgIpc) is 2.89. The summed E-state index contributed by atoms with van der Waals surface area (Å²) in [6.07, 6.45) is 0. The van der Waals surface area contributed by atoms with Gasteiger partial charge in [-0.2, -0.15) is 0 Å². The molecular weight excluding hydrogens is 334 g/mol. The average molecular weight is 346 g/mol. The summed E-state index contributed by atoms with van der Waals surface area (Å²) in [6.45, 7) is 1.97. The minimum Gasteiger partial charge on any atom is -0.322 e. The molecule has 2 nitrogen and oxygen atoms in total. The first-order chi connectivity index (χ1) is 9.63. The molecule has 20 heavy (non-hydrogen) atoms. The Hall–Kier alpha value is -1.65. The number of rotatable bonds is 2. The van der Waals surface area contributed by atoms with Gasteiger partial charge >= 0.3 is 0 Å². The van der Waals surface area contributed by atoms with E-state index in [1.54, 1.807) is 11.3 Å². The summed E-state index contributed by atoms with van der Waals surface area (Å²) in [4.78, 5) is 12.2. The SMILES string of the molecule is Cc1cc(C(=O)Nc2ccc3sccc3c2)ccc1Br. The van der Waals surface area contributed by atoms with Gasteiger partial charge < -0.3 is 5.32 Å². The number of hydrogen-bond acceptors (Lipinski definition) is 2. The maximum Gasteiger partial charge on any atom is 0.255 e. The van der Waals surface area contributed by atoms with Crippen molar-refractivity contribution in [3.8, 4) is 0 Å². The number of hydrogen-bond donors (Lipinski definition) is 1. The molecule has 0 unspecified atom stereocenters. The molecule has 1 N–H and O–H groups in total. The smallest absolute Gasteiger partial charge is 0.255 e. The molecule has 0 spiro atoms. The number of fused-ring (bicyclic) bond motifs is 1. The van der Waals surface area contributed by atoms with Gasteiger partial charge in [0.05, 0.1) is 0 Å². The summed E-state index contributed by atoms with van der Waals surface area (Å²) in [5.74, 6) is -0.0878. The van der Waals surface area contributed by atoms with Crippen molar-refractivity contribution in [2.24, 2.45) is 0 Å². The lowest BCUT2D eigenvalue weighted by Crippen LogP contribution is -2.11. The number of aryl methyl sites for hydroxylation is 1. The molecule has 0 aliphatic heterocycles. The molecule has 1 amide bonds. The molecule has 0 bridgehead atoms. The number of benzene rings is 2. The van der Waals surface area contributed by atoms with E-state index >= 15 is 0 Å². The molecule has 1 aromatic heterocycles. The summed E-state index contributed by atoms with van der Waals surface area (Å²) < 4.78 is 2.23. The van der Waals surface area contributed by atoms with E-state index in [0.717, 1.165) is 21.1 Å². The largest absolute Gasteiger partial charge is 0.322 e. The quantitative estimate of drug-likeness (QED) is 0.677. The van der Waals surface area contributed by atoms with Gasteiger partial charge in [-0.1, -0.05) is 15.9 Å². The molecule has 4 heteroatoms. The van der Waals surface area contributed by atoms with Gasteiger partial charge in [0, 0.05) is 20.4 Å². The zero-order valence-corrected chi connectivity index (χ0v) is 13.2. The van der Waals surface area contributed by atoms with Crippen LogP contribution in [0.3, 0.4) is 0 Å². The predicted molar refractivity (Wildman–Crippen MR) is 88.7 cm³/mol. The van der Waals surface area contributed by atoms with E-state index in [4.69, 9.17) is 0 Å². The highest BCUT2D eigenvalue weighted by Crippen LogP contribution is 2.24. The molecule has 3 rings (SSSR count). The van der Waals surface area contributed by atoms with Gasteiger partial charge in [-0.15, -0.1) is 11.3 Å². The second-order valence-corrected chi connectivity index (χ2v) is 6.39. The Kier molecular flexibility index (Phi) is 3.59. The van der Waals surface area contributed by atoms with Crippen LogP contribution in [-0.4, -0.2) is 5.91 Å². The van der Waals surface area contributed by atoms with Crippen LogP contribution < -0.4 is 5.32 Å². The highest BCUT2D eigenvalue weighted by atomic mass is 79.9. The third-order valence-electron chi connectivity index (χ3n) is 3.13. The zero-order chi connectivity index (χ0) is 14.1. The molecule has 100 valence electrons. The molecule has 2 aromatic carbocycles. The Morgan fingerprint density at radius 2 is 2.00 bits per heavy atom.